The summed E-state index contributed by atoms with van der Waals surface area (Å²) in [5, 5.41) is 5.09. The zero-order valence-electron chi connectivity index (χ0n) is 29.6. The van der Waals surface area contributed by atoms with E-state index in [1.165, 1.54) is 111 Å². The van der Waals surface area contributed by atoms with Crippen LogP contribution in [-0.4, -0.2) is 9.13 Å². The van der Waals surface area contributed by atoms with E-state index in [-0.39, 0.29) is 5.41 Å². The van der Waals surface area contributed by atoms with Gasteiger partial charge in [-0.25, -0.2) is 0 Å². The van der Waals surface area contributed by atoms with Crippen LogP contribution in [0.15, 0.2) is 170 Å². The van der Waals surface area contributed by atoms with Gasteiger partial charge < -0.3 is 9.13 Å². The highest BCUT2D eigenvalue weighted by atomic mass is 15.0. The van der Waals surface area contributed by atoms with Crippen molar-refractivity contribution in [1.29, 1.82) is 0 Å². The largest absolute Gasteiger partial charge is 0.309 e. The molecule has 0 spiro atoms. The lowest BCUT2D eigenvalue weighted by Gasteiger charge is -2.21. The first-order chi connectivity index (χ1) is 26.1. The highest BCUT2D eigenvalue weighted by Crippen LogP contribution is 2.50. The van der Waals surface area contributed by atoms with Crippen LogP contribution in [0.3, 0.4) is 0 Å². The van der Waals surface area contributed by atoms with Crippen LogP contribution >= 0.6 is 0 Å². The van der Waals surface area contributed by atoms with Crippen LogP contribution in [0.5, 0.6) is 0 Å². The fourth-order valence-corrected chi connectivity index (χ4v) is 9.84. The lowest BCUT2D eigenvalue weighted by molar-refractivity contribution is 0.660. The third-order valence-corrected chi connectivity index (χ3v) is 12.3. The number of hydrogen-bond donors (Lipinski definition) is 0. The fourth-order valence-electron chi connectivity index (χ4n) is 9.84. The lowest BCUT2D eigenvalue weighted by Crippen LogP contribution is -2.14. The summed E-state index contributed by atoms with van der Waals surface area (Å²) in [4.78, 5) is 0. The minimum Gasteiger partial charge on any atom is -0.309 e. The minimum atomic E-state index is -0.0139. The molecular weight excluding hydrogens is 641 g/mol. The monoisotopic (exact) mass is 674 g/mol. The normalized spacial score (nSPS) is 13.6. The fraction of sp³-hybridized carbons (Fsp3) is 0.0588. The maximum absolute atomic E-state index is 2.49. The molecule has 0 fully saturated rings. The average molecular weight is 675 g/mol. The Balaban J connectivity index is 1.06. The van der Waals surface area contributed by atoms with Gasteiger partial charge in [0, 0.05) is 43.8 Å². The molecule has 3 heterocycles. The molecule has 0 unspecified atom stereocenters. The summed E-state index contributed by atoms with van der Waals surface area (Å²) in [5.41, 5.74) is 20.4. The van der Waals surface area contributed by atoms with Gasteiger partial charge >= 0.3 is 0 Å². The summed E-state index contributed by atoms with van der Waals surface area (Å²) in [6, 6.07) is 63.4. The molecular formula is C51H34N2. The van der Waals surface area contributed by atoms with E-state index in [4.69, 9.17) is 0 Å². The molecule has 53 heavy (non-hydrogen) atoms. The van der Waals surface area contributed by atoms with Crippen molar-refractivity contribution in [3.63, 3.8) is 0 Å². The first kappa shape index (κ1) is 29.0. The Hall–Kier alpha value is -6.64. The van der Waals surface area contributed by atoms with Crippen molar-refractivity contribution in [2.45, 2.75) is 19.3 Å². The molecule has 2 heteroatoms. The van der Waals surface area contributed by atoms with Crippen molar-refractivity contribution in [2.24, 2.45) is 0 Å². The molecule has 2 aromatic heterocycles. The molecule has 0 amide bonds. The molecule has 10 aromatic rings. The first-order valence-electron chi connectivity index (χ1n) is 18.6. The second kappa shape index (κ2) is 10.2. The third-order valence-electron chi connectivity index (χ3n) is 12.3. The van der Waals surface area contributed by atoms with E-state index in [9.17, 15) is 0 Å². The smallest absolute Gasteiger partial charge is 0.0619 e. The van der Waals surface area contributed by atoms with Gasteiger partial charge in [-0.1, -0.05) is 135 Å². The molecule has 1 aliphatic heterocycles. The number of aromatic nitrogens is 2. The second-order valence-electron chi connectivity index (χ2n) is 15.3. The van der Waals surface area contributed by atoms with Crippen LogP contribution in [0.1, 0.15) is 25.0 Å². The second-order valence-corrected chi connectivity index (χ2v) is 15.3. The van der Waals surface area contributed by atoms with Gasteiger partial charge in [0.1, 0.15) is 0 Å². The van der Waals surface area contributed by atoms with Crippen molar-refractivity contribution in [3.05, 3.63) is 181 Å². The van der Waals surface area contributed by atoms with Crippen molar-refractivity contribution < 1.29 is 0 Å². The van der Waals surface area contributed by atoms with Crippen molar-refractivity contribution in [1.82, 2.24) is 9.13 Å². The Morgan fingerprint density at radius 2 is 0.925 bits per heavy atom. The Morgan fingerprint density at radius 1 is 0.358 bits per heavy atom. The highest BCUT2D eigenvalue weighted by molar-refractivity contribution is 6.17. The Bertz CT molecular complexity index is 3200. The molecule has 8 aromatic carbocycles. The number of para-hydroxylation sites is 3. The van der Waals surface area contributed by atoms with Gasteiger partial charge in [-0.15, -0.1) is 0 Å². The highest BCUT2D eigenvalue weighted by Gasteiger charge is 2.35. The molecule has 1 aliphatic carbocycles. The molecule has 0 saturated heterocycles. The quantitative estimate of drug-likeness (QED) is 0.173. The molecule has 2 aliphatic rings. The molecule has 12 rings (SSSR count). The number of rotatable bonds is 2. The van der Waals surface area contributed by atoms with E-state index in [0.717, 1.165) is 0 Å². The van der Waals surface area contributed by atoms with Crippen LogP contribution in [0.25, 0.3) is 99.5 Å². The number of fused-ring (bicyclic) bond motifs is 14. The van der Waals surface area contributed by atoms with Gasteiger partial charge in [-0.3, -0.25) is 0 Å². The lowest BCUT2D eigenvalue weighted by atomic mass is 9.82. The van der Waals surface area contributed by atoms with E-state index >= 15 is 0 Å². The van der Waals surface area contributed by atoms with Gasteiger partial charge in [-0.2, -0.15) is 0 Å². The maximum Gasteiger partial charge on any atom is 0.0619 e. The zero-order valence-corrected chi connectivity index (χ0v) is 29.6. The Kier molecular flexibility index (Phi) is 5.60. The Labute approximate surface area is 307 Å². The molecule has 0 atom stereocenters. The summed E-state index contributed by atoms with van der Waals surface area (Å²) in [6.45, 7) is 4.69. The van der Waals surface area contributed by atoms with Crippen molar-refractivity contribution in [2.75, 3.05) is 0 Å². The Morgan fingerprint density at radius 3 is 1.74 bits per heavy atom. The summed E-state index contributed by atoms with van der Waals surface area (Å²) in [6.07, 6.45) is 0. The summed E-state index contributed by atoms with van der Waals surface area (Å²) < 4.78 is 4.95. The van der Waals surface area contributed by atoms with E-state index in [1.807, 2.05) is 0 Å². The predicted molar refractivity (Wildman–Crippen MR) is 223 cm³/mol. The van der Waals surface area contributed by atoms with Gasteiger partial charge in [0.25, 0.3) is 0 Å². The standard InChI is InChI=1S/C51H34N2/c1-51(2)44-19-8-5-14-36(44)41-30-33(24-25-45(41)51)52-46-20-9-7-16-38(46)42-28-31(22-26-48(42)52)32-23-27-49-43(29-32)40-18-11-17-39-35-13-4-3-12-34(35)37-15-6-10-21-47(37)53(49)50(39)40/h3-30H,1-2H3. The molecule has 0 bridgehead atoms. The number of hydrogen-bond acceptors (Lipinski definition) is 0. The summed E-state index contributed by atoms with van der Waals surface area (Å²) >= 11 is 0. The SMILES string of the molecule is CC1(C)c2ccccc2-c2cc(-n3c4ccccc4c4cc(-c5ccc6c(c5)c5cccc7c5n6-c5ccccc5-c5ccccc5-7)ccc43)ccc21. The van der Waals surface area contributed by atoms with Crippen molar-refractivity contribution in [3.8, 4) is 55.9 Å². The molecule has 0 radical (unpaired) electrons. The summed E-state index contributed by atoms with van der Waals surface area (Å²) in [7, 11) is 0. The van der Waals surface area contributed by atoms with Gasteiger partial charge in [0.05, 0.1) is 27.8 Å². The van der Waals surface area contributed by atoms with Gasteiger partial charge in [0.2, 0.25) is 0 Å². The predicted octanol–water partition coefficient (Wildman–Crippen LogP) is 13.5. The number of nitrogens with zero attached hydrogens (tertiary/aromatic N) is 2. The third kappa shape index (κ3) is 3.77. The molecule has 0 N–H and O–H groups in total. The van der Waals surface area contributed by atoms with Crippen LogP contribution in [0.4, 0.5) is 0 Å². The molecule has 2 nitrogen and oxygen atoms in total. The van der Waals surface area contributed by atoms with Crippen molar-refractivity contribution >= 4 is 43.6 Å². The van der Waals surface area contributed by atoms with Crippen LogP contribution < -0.4 is 0 Å². The van der Waals surface area contributed by atoms with E-state index < -0.39 is 0 Å². The van der Waals surface area contributed by atoms with E-state index in [0.29, 0.717) is 0 Å². The maximum atomic E-state index is 2.49. The van der Waals surface area contributed by atoms with E-state index in [2.05, 4.69) is 193 Å². The number of benzene rings is 8. The average Bonchev–Trinajstić information content (AvgIpc) is 3.77. The van der Waals surface area contributed by atoms with Gasteiger partial charge in [0.15, 0.2) is 0 Å². The minimum absolute atomic E-state index is 0.0139. The first-order valence-corrected chi connectivity index (χ1v) is 18.6. The molecule has 0 saturated carbocycles. The van der Waals surface area contributed by atoms with Gasteiger partial charge in [-0.05, 0) is 93.0 Å². The zero-order chi connectivity index (χ0) is 35.0. The van der Waals surface area contributed by atoms with Crippen LogP contribution in [0, 0.1) is 0 Å². The molecule has 248 valence electrons. The van der Waals surface area contributed by atoms with Crippen LogP contribution in [-0.2, 0) is 5.41 Å². The summed E-state index contributed by atoms with van der Waals surface area (Å²) in [5.74, 6) is 0. The van der Waals surface area contributed by atoms with Crippen LogP contribution in [0.2, 0.25) is 0 Å². The van der Waals surface area contributed by atoms with E-state index in [1.54, 1.807) is 0 Å². The topological polar surface area (TPSA) is 9.86 Å².